The average Bonchev–Trinajstić information content (AvgIpc) is 3.21. The Balaban J connectivity index is 1.52. The first-order chi connectivity index (χ1) is 11.1. The zero-order valence-electron chi connectivity index (χ0n) is 12.8. The second-order valence-corrected chi connectivity index (χ2v) is 7.35. The molecule has 1 aliphatic rings. The third-order valence-corrected chi connectivity index (χ3v) is 5.40. The minimum absolute atomic E-state index is 0.0473. The summed E-state index contributed by atoms with van der Waals surface area (Å²) in [6.45, 7) is 1.88. The number of hydrogen-bond acceptors (Lipinski definition) is 6. The maximum atomic E-state index is 12.1. The van der Waals surface area contributed by atoms with Crippen molar-refractivity contribution < 1.29 is 9.59 Å². The molecule has 1 fully saturated rings. The van der Waals surface area contributed by atoms with Crippen LogP contribution in [0.15, 0.2) is 10.8 Å². The highest BCUT2D eigenvalue weighted by atomic mass is 32.1. The monoisotopic (exact) mass is 350 g/mol. The van der Waals surface area contributed by atoms with Gasteiger partial charge in [0.25, 0.3) is 0 Å². The van der Waals surface area contributed by atoms with Gasteiger partial charge in [0.1, 0.15) is 0 Å². The van der Waals surface area contributed by atoms with Crippen molar-refractivity contribution in [3.8, 4) is 0 Å². The molecule has 0 spiro atoms. The summed E-state index contributed by atoms with van der Waals surface area (Å²) in [5, 5.41) is 10.5. The van der Waals surface area contributed by atoms with E-state index >= 15 is 0 Å². The van der Waals surface area contributed by atoms with Crippen LogP contribution < -0.4 is 10.6 Å². The zero-order chi connectivity index (χ0) is 16.2. The zero-order valence-corrected chi connectivity index (χ0v) is 14.4. The number of aryl methyl sites for hydroxylation is 1. The molecule has 3 rings (SSSR count). The number of hydrogen-bond donors (Lipinski definition) is 2. The molecule has 2 aromatic heterocycles. The van der Waals surface area contributed by atoms with Crippen LogP contribution in [0.25, 0.3) is 0 Å². The molecule has 0 aliphatic heterocycles. The van der Waals surface area contributed by atoms with Gasteiger partial charge in [-0.15, -0.1) is 22.7 Å². The number of nitrogens with zero attached hydrogens (tertiary/aromatic N) is 2. The van der Waals surface area contributed by atoms with Gasteiger partial charge in [0.15, 0.2) is 10.3 Å². The first kappa shape index (κ1) is 16.1. The first-order valence-corrected chi connectivity index (χ1v) is 9.33. The molecule has 0 atom stereocenters. The summed E-state index contributed by atoms with van der Waals surface area (Å²) in [5.74, 6) is 0.00298. The van der Waals surface area contributed by atoms with Crippen LogP contribution in [-0.2, 0) is 16.0 Å². The number of rotatable bonds is 5. The molecule has 0 bridgehead atoms. The highest BCUT2D eigenvalue weighted by molar-refractivity contribution is 7.14. The molecule has 2 N–H and O–H groups in total. The number of amides is 2. The van der Waals surface area contributed by atoms with Gasteiger partial charge in [-0.05, 0) is 19.8 Å². The van der Waals surface area contributed by atoms with E-state index in [1.807, 2.05) is 12.3 Å². The Hall–Kier alpha value is -1.80. The van der Waals surface area contributed by atoms with E-state index < -0.39 is 0 Å². The molecule has 2 amide bonds. The smallest absolute Gasteiger partial charge is 0.232 e. The highest BCUT2D eigenvalue weighted by Gasteiger charge is 2.23. The number of thiazole rings is 2. The number of nitrogens with one attached hydrogen (secondary N) is 2. The first-order valence-electron chi connectivity index (χ1n) is 7.57. The molecule has 0 radical (unpaired) electrons. The second kappa shape index (κ2) is 7.18. The SMILES string of the molecule is Cc1csc(NC(=O)Cc2csc(NC(=O)C3CCCC3)n2)n1. The predicted octanol–water partition coefficient (Wildman–Crippen LogP) is 3.22. The van der Waals surface area contributed by atoms with Gasteiger partial charge in [-0.2, -0.15) is 0 Å². The van der Waals surface area contributed by atoms with Crippen LogP contribution in [0, 0.1) is 12.8 Å². The average molecular weight is 350 g/mol. The van der Waals surface area contributed by atoms with E-state index in [0.29, 0.717) is 16.0 Å². The molecule has 6 nitrogen and oxygen atoms in total. The van der Waals surface area contributed by atoms with Crippen LogP contribution in [0.2, 0.25) is 0 Å². The van der Waals surface area contributed by atoms with Crippen LogP contribution in [0.3, 0.4) is 0 Å². The lowest BCUT2D eigenvalue weighted by molar-refractivity contribution is -0.119. The number of carbonyl (C=O) groups is 2. The van der Waals surface area contributed by atoms with Crippen molar-refractivity contribution in [3.63, 3.8) is 0 Å². The fourth-order valence-electron chi connectivity index (χ4n) is 2.58. The van der Waals surface area contributed by atoms with Gasteiger partial charge in [-0.25, -0.2) is 9.97 Å². The Morgan fingerprint density at radius 3 is 2.52 bits per heavy atom. The molecular formula is C15H18N4O2S2. The van der Waals surface area contributed by atoms with Crippen molar-refractivity contribution in [1.29, 1.82) is 0 Å². The van der Waals surface area contributed by atoms with Crippen LogP contribution >= 0.6 is 22.7 Å². The van der Waals surface area contributed by atoms with Gasteiger partial charge in [-0.1, -0.05) is 12.8 Å². The Morgan fingerprint density at radius 2 is 1.83 bits per heavy atom. The molecule has 122 valence electrons. The van der Waals surface area contributed by atoms with Gasteiger partial charge < -0.3 is 10.6 Å². The van der Waals surface area contributed by atoms with Crippen LogP contribution in [0.5, 0.6) is 0 Å². The van der Waals surface area contributed by atoms with Crippen molar-refractivity contribution in [1.82, 2.24) is 9.97 Å². The second-order valence-electron chi connectivity index (χ2n) is 5.63. The fraction of sp³-hybridized carbons (Fsp3) is 0.467. The summed E-state index contributed by atoms with van der Waals surface area (Å²) in [7, 11) is 0. The minimum atomic E-state index is -0.154. The van der Waals surface area contributed by atoms with E-state index in [-0.39, 0.29) is 24.2 Å². The maximum Gasteiger partial charge on any atom is 0.232 e. The van der Waals surface area contributed by atoms with Gasteiger partial charge in [0.05, 0.1) is 17.8 Å². The number of anilines is 2. The topological polar surface area (TPSA) is 84.0 Å². The molecule has 2 aromatic rings. The van der Waals surface area contributed by atoms with Crippen LogP contribution in [0.1, 0.15) is 37.1 Å². The third kappa shape index (κ3) is 4.35. The Bertz CT molecular complexity index is 704. The lowest BCUT2D eigenvalue weighted by Crippen LogP contribution is -2.20. The van der Waals surface area contributed by atoms with Crippen LogP contribution in [0.4, 0.5) is 10.3 Å². The van der Waals surface area contributed by atoms with Gasteiger partial charge >= 0.3 is 0 Å². The maximum absolute atomic E-state index is 12.1. The number of carbonyl (C=O) groups excluding carboxylic acids is 2. The molecule has 0 saturated heterocycles. The standard InChI is InChI=1S/C15H18N4O2S2/c1-9-7-22-14(16-9)18-12(20)6-11-8-23-15(17-11)19-13(21)10-4-2-3-5-10/h7-8,10H,2-6H2,1H3,(H,16,18,20)(H,17,19,21). The van der Waals surface area contributed by atoms with E-state index in [2.05, 4.69) is 20.6 Å². The molecule has 0 aromatic carbocycles. The van der Waals surface area contributed by atoms with Crippen molar-refractivity contribution in [2.45, 2.75) is 39.0 Å². The quantitative estimate of drug-likeness (QED) is 0.867. The molecule has 0 unspecified atom stereocenters. The predicted molar refractivity (Wildman–Crippen MR) is 91.9 cm³/mol. The van der Waals surface area contributed by atoms with E-state index in [4.69, 9.17) is 0 Å². The number of aromatic nitrogens is 2. The minimum Gasteiger partial charge on any atom is -0.302 e. The summed E-state index contributed by atoms with van der Waals surface area (Å²) in [6, 6.07) is 0. The van der Waals surface area contributed by atoms with Crippen molar-refractivity contribution in [3.05, 3.63) is 22.1 Å². The summed E-state index contributed by atoms with van der Waals surface area (Å²) < 4.78 is 0. The van der Waals surface area contributed by atoms with E-state index in [1.165, 1.54) is 22.7 Å². The molecule has 23 heavy (non-hydrogen) atoms. The highest BCUT2D eigenvalue weighted by Crippen LogP contribution is 2.26. The third-order valence-electron chi connectivity index (χ3n) is 3.71. The van der Waals surface area contributed by atoms with Crippen molar-refractivity contribution >= 4 is 44.8 Å². The molecule has 1 saturated carbocycles. The van der Waals surface area contributed by atoms with E-state index in [9.17, 15) is 9.59 Å². The Morgan fingerprint density at radius 1 is 1.13 bits per heavy atom. The van der Waals surface area contributed by atoms with E-state index in [0.717, 1.165) is 31.4 Å². The molecule has 2 heterocycles. The van der Waals surface area contributed by atoms with Gasteiger partial charge in [0, 0.05) is 16.7 Å². The van der Waals surface area contributed by atoms with Gasteiger partial charge in [-0.3, -0.25) is 9.59 Å². The molecular weight excluding hydrogens is 332 g/mol. The summed E-state index contributed by atoms with van der Waals surface area (Å²) in [6.07, 6.45) is 4.34. The lowest BCUT2D eigenvalue weighted by Gasteiger charge is -2.07. The summed E-state index contributed by atoms with van der Waals surface area (Å²) in [4.78, 5) is 32.5. The lowest BCUT2D eigenvalue weighted by atomic mass is 10.1. The largest absolute Gasteiger partial charge is 0.302 e. The normalized spacial score (nSPS) is 14.8. The van der Waals surface area contributed by atoms with E-state index in [1.54, 1.807) is 5.38 Å². The molecule has 8 heteroatoms. The van der Waals surface area contributed by atoms with Gasteiger partial charge in [0.2, 0.25) is 11.8 Å². The molecule has 1 aliphatic carbocycles. The Kier molecular flexibility index (Phi) is 5.02. The summed E-state index contributed by atoms with van der Waals surface area (Å²) in [5.41, 5.74) is 1.54. The van der Waals surface area contributed by atoms with Crippen molar-refractivity contribution in [2.24, 2.45) is 5.92 Å². The fourth-order valence-corrected chi connectivity index (χ4v) is 4.00. The summed E-state index contributed by atoms with van der Waals surface area (Å²) >= 11 is 2.75. The van der Waals surface area contributed by atoms with Crippen LogP contribution in [-0.4, -0.2) is 21.8 Å². The van der Waals surface area contributed by atoms with Crippen molar-refractivity contribution in [2.75, 3.05) is 10.6 Å². The Labute approximate surface area is 142 Å².